The number of nitrogens with two attached hydrogens (primary N) is 1. The molecule has 0 saturated carbocycles. The molecule has 0 amide bonds. The Kier molecular flexibility index (Phi) is 3.61. The largest absolute Gasteiger partial charge is 0.457 e. The van der Waals surface area contributed by atoms with E-state index in [1.165, 1.54) is 6.07 Å². The first-order valence-corrected chi connectivity index (χ1v) is 5.49. The quantitative estimate of drug-likeness (QED) is 0.902. The molecule has 0 saturated heterocycles. The zero-order valence-corrected chi connectivity index (χ0v) is 9.75. The van der Waals surface area contributed by atoms with Gasteiger partial charge in [-0.25, -0.2) is 4.39 Å². The van der Waals surface area contributed by atoms with Crippen molar-refractivity contribution in [1.29, 1.82) is 0 Å². The Morgan fingerprint density at radius 2 is 1.88 bits per heavy atom. The van der Waals surface area contributed by atoms with Gasteiger partial charge in [-0.1, -0.05) is 23.7 Å². The first-order valence-electron chi connectivity index (χ1n) is 5.11. The predicted octanol–water partition coefficient (Wildman–Crippen LogP) is 3.73. The van der Waals surface area contributed by atoms with E-state index in [1.54, 1.807) is 36.4 Å². The number of rotatable bonds is 3. The summed E-state index contributed by atoms with van der Waals surface area (Å²) in [5.74, 6) is 0.617. The van der Waals surface area contributed by atoms with Crippen LogP contribution in [-0.4, -0.2) is 0 Å². The molecule has 0 heterocycles. The lowest BCUT2D eigenvalue weighted by Crippen LogP contribution is -1.99. The second kappa shape index (κ2) is 5.17. The fourth-order valence-corrected chi connectivity index (χ4v) is 1.60. The summed E-state index contributed by atoms with van der Waals surface area (Å²) in [6, 6.07) is 11.5. The predicted molar refractivity (Wildman–Crippen MR) is 65.8 cm³/mol. The molecule has 2 aromatic rings. The van der Waals surface area contributed by atoms with E-state index in [0.717, 1.165) is 0 Å². The molecular weight excluding hydrogens is 241 g/mol. The normalized spacial score (nSPS) is 10.3. The Bertz CT molecular complexity index is 531. The van der Waals surface area contributed by atoms with Crippen molar-refractivity contribution >= 4 is 11.6 Å². The maximum absolute atomic E-state index is 13.4. The fourth-order valence-electron chi connectivity index (χ4n) is 1.42. The molecule has 0 atom stereocenters. The molecule has 0 aliphatic carbocycles. The zero-order chi connectivity index (χ0) is 12.3. The second-order valence-corrected chi connectivity index (χ2v) is 3.95. The van der Waals surface area contributed by atoms with Gasteiger partial charge in [0, 0.05) is 23.2 Å². The van der Waals surface area contributed by atoms with Crippen LogP contribution in [0, 0.1) is 5.82 Å². The average Bonchev–Trinajstić information content (AvgIpc) is 2.29. The van der Waals surface area contributed by atoms with Crippen molar-refractivity contribution in [1.82, 2.24) is 0 Å². The van der Waals surface area contributed by atoms with Crippen LogP contribution in [0.4, 0.5) is 4.39 Å². The summed E-state index contributed by atoms with van der Waals surface area (Å²) in [7, 11) is 0. The minimum atomic E-state index is -0.368. The average molecular weight is 252 g/mol. The molecule has 0 bridgehead atoms. The highest BCUT2D eigenvalue weighted by atomic mass is 35.5. The van der Waals surface area contributed by atoms with Gasteiger partial charge in [0.05, 0.1) is 0 Å². The number of ether oxygens (including phenoxy) is 1. The third kappa shape index (κ3) is 2.96. The lowest BCUT2D eigenvalue weighted by Gasteiger charge is -2.07. The molecule has 0 unspecified atom stereocenters. The van der Waals surface area contributed by atoms with Crippen LogP contribution in [0.25, 0.3) is 0 Å². The molecule has 4 heteroatoms. The van der Waals surface area contributed by atoms with E-state index >= 15 is 0 Å². The summed E-state index contributed by atoms with van der Waals surface area (Å²) in [6.07, 6.45) is 0. The highest BCUT2D eigenvalue weighted by molar-refractivity contribution is 6.30. The van der Waals surface area contributed by atoms with Crippen LogP contribution in [0.1, 0.15) is 5.56 Å². The summed E-state index contributed by atoms with van der Waals surface area (Å²) in [4.78, 5) is 0. The van der Waals surface area contributed by atoms with Crippen molar-refractivity contribution in [3.8, 4) is 11.5 Å². The summed E-state index contributed by atoms with van der Waals surface area (Å²) < 4.78 is 18.9. The van der Waals surface area contributed by atoms with Gasteiger partial charge < -0.3 is 10.5 Å². The monoisotopic (exact) mass is 251 g/mol. The van der Waals surface area contributed by atoms with E-state index in [2.05, 4.69) is 0 Å². The molecule has 88 valence electrons. The van der Waals surface area contributed by atoms with Gasteiger partial charge in [-0.2, -0.15) is 0 Å². The fraction of sp³-hybridized carbons (Fsp3) is 0.0769. The van der Waals surface area contributed by atoms with E-state index in [9.17, 15) is 4.39 Å². The van der Waals surface area contributed by atoms with E-state index in [0.29, 0.717) is 22.1 Å². The highest BCUT2D eigenvalue weighted by Crippen LogP contribution is 2.25. The Morgan fingerprint density at radius 3 is 2.53 bits per heavy atom. The van der Waals surface area contributed by atoms with Gasteiger partial charge in [0.25, 0.3) is 0 Å². The number of halogens is 2. The van der Waals surface area contributed by atoms with E-state index in [4.69, 9.17) is 22.1 Å². The third-order valence-electron chi connectivity index (χ3n) is 2.28. The van der Waals surface area contributed by atoms with Crippen LogP contribution in [0.15, 0.2) is 42.5 Å². The molecule has 2 aromatic carbocycles. The van der Waals surface area contributed by atoms with Crippen LogP contribution in [0.3, 0.4) is 0 Å². The molecule has 0 aromatic heterocycles. The lowest BCUT2D eigenvalue weighted by molar-refractivity contribution is 0.475. The van der Waals surface area contributed by atoms with Gasteiger partial charge in [-0.15, -0.1) is 0 Å². The molecule has 0 fully saturated rings. The molecule has 17 heavy (non-hydrogen) atoms. The number of hydrogen-bond acceptors (Lipinski definition) is 2. The van der Waals surface area contributed by atoms with Gasteiger partial charge in [0.2, 0.25) is 0 Å². The molecular formula is C13H11ClFNO. The van der Waals surface area contributed by atoms with Crippen LogP contribution >= 0.6 is 11.6 Å². The van der Waals surface area contributed by atoms with Crippen molar-refractivity contribution in [3.63, 3.8) is 0 Å². The standard InChI is InChI=1S/C13H11ClFNO/c14-10-2-1-3-11(6-10)17-12-5-4-9(8-16)13(15)7-12/h1-7H,8,16H2. The van der Waals surface area contributed by atoms with Crippen molar-refractivity contribution in [2.45, 2.75) is 6.54 Å². The van der Waals surface area contributed by atoms with Gasteiger partial charge in [-0.3, -0.25) is 0 Å². The Labute approximate surface area is 104 Å². The van der Waals surface area contributed by atoms with Gasteiger partial charge in [-0.05, 0) is 24.3 Å². The molecule has 0 spiro atoms. The topological polar surface area (TPSA) is 35.2 Å². The van der Waals surface area contributed by atoms with Crippen LogP contribution in [-0.2, 0) is 6.54 Å². The molecule has 2 rings (SSSR count). The Hall–Kier alpha value is -1.58. The number of benzene rings is 2. The summed E-state index contributed by atoms with van der Waals surface area (Å²) in [5.41, 5.74) is 5.84. The van der Waals surface area contributed by atoms with Crippen LogP contribution in [0.5, 0.6) is 11.5 Å². The van der Waals surface area contributed by atoms with Gasteiger partial charge >= 0.3 is 0 Å². The molecule has 0 aliphatic rings. The van der Waals surface area contributed by atoms with Crippen LogP contribution < -0.4 is 10.5 Å². The third-order valence-corrected chi connectivity index (χ3v) is 2.51. The first kappa shape index (κ1) is 11.9. The first-order chi connectivity index (χ1) is 8.19. The summed E-state index contributed by atoms with van der Waals surface area (Å²) in [5, 5.41) is 0.571. The molecule has 0 radical (unpaired) electrons. The summed E-state index contributed by atoms with van der Waals surface area (Å²) >= 11 is 5.82. The molecule has 0 aliphatic heterocycles. The van der Waals surface area contributed by atoms with E-state index in [-0.39, 0.29) is 12.4 Å². The molecule has 2 nitrogen and oxygen atoms in total. The van der Waals surface area contributed by atoms with Gasteiger partial charge in [0.15, 0.2) is 0 Å². The SMILES string of the molecule is NCc1ccc(Oc2cccc(Cl)c2)cc1F. The van der Waals surface area contributed by atoms with Crippen LogP contribution in [0.2, 0.25) is 5.02 Å². The maximum Gasteiger partial charge on any atom is 0.131 e. The second-order valence-electron chi connectivity index (χ2n) is 3.52. The van der Waals surface area contributed by atoms with E-state index < -0.39 is 0 Å². The molecule has 2 N–H and O–H groups in total. The van der Waals surface area contributed by atoms with Crippen molar-refractivity contribution in [2.24, 2.45) is 5.73 Å². The highest BCUT2D eigenvalue weighted by Gasteiger charge is 2.04. The zero-order valence-electron chi connectivity index (χ0n) is 8.99. The minimum Gasteiger partial charge on any atom is -0.457 e. The minimum absolute atomic E-state index is 0.170. The van der Waals surface area contributed by atoms with E-state index in [1.807, 2.05) is 0 Å². The number of hydrogen-bond donors (Lipinski definition) is 1. The Morgan fingerprint density at radius 1 is 1.12 bits per heavy atom. The lowest BCUT2D eigenvalue weighted by atomic mass is 10.2. The van der Waals surface area contributed by atoms with Crippen molar-refractivity contribution < 1.29 is 9.13 Å². The maximum atomic E-state index is 13.4. The van der Waals surface area contributed by atoms with Crippen molar-refractivity contribution in [2.75, 3.05) is 0 Å². The smallest absolute Gasteiger partial charge is 0.131 e. The summed E-state index contributed by atoms with van der Waals surface area (Å²) in [6.45, 7) is 0.170. The van der Waals surface area contributed by atoms with Crippen molar-refractivity contribution in [3.05, 3.63) is 58.9 Å². The van der Waals surface area contributed by atoms with Gasteiger partial charge in [0.1, 0.15) is 17.3 Å². The Balaban J connectivity index is 2.22.